The summed E-state index contributed by atoms with van der Waals surface area (Å²) in [5.41, 5.74) is 1.91. The largest absolute Gasteiger partial charge is 0.496 e. The zero-order chi connectivity index (χ0) is 19.5. The summed E-state index contributed by atoms with van der Waals surface area (Å²) in [7, 11) is 1.66. The van der Waals surface area contributed by atoms with Crippen LogP contribution in [-0.2, 0) is 4.79 Å². The van der Waals surface area contributed by atoms with Crippen molar-refractivity contribution in [3.05, 3.63) is 72.8 Å². The van der Waals surface area contributed by atoms with Crippen molar-refractivity contribution in [3.63, 3.8) is 0 Å². The molecule has 1 aliphatic rings. The number of nitrogens with zero attached hydrogens (tertiary/aromatic N) is 1. The van der Waals surface area contributed by atoms with E-state index in [2.05, 4.69) is 19.1 Å². The van der Waals surface area contributed by atoms with Crippen LogP contribution in [0.3, 0.4) is 0 Å². The number of hydrogen-bond donors (Lipinski definition) is 0. The first kappa shape index (κ1) is 19.0. The number of methoxy groups -OCH3 is 1. The minimum Gasteiger partial charge on any atom is -0.496 e. The average molecular weight is 408 g/mol. The van der Waals surface area contributed by atoms with E-state index < -0.39 is 0 Å². The Morgan fingerprint density at radius 3 is 2.14 bits per heavy atom. The first-order chi connectivity index (χ1) is 13.7. The number of thioether (sulfide) groups is 1. The van der Waals surface area contributed by atoms with Crippen LogP contribution < -0.4 is 9.64 Å². The van der Waals surface area contributed by atoms with E-state index in [9.17, 15) is 4.79 Å². The zero-order valence-corrected chi connectivity index (χ0v) is 17.4. The Hall–Kier alpha value is -2.37. The summed E-state index contributed by atoms with van der Waals surface area (Å²) in [5, 5.41) is -0.208. The topological polar surface area (TPSA) is 29.5 Å². The maximum atomic E-state index is 13.7. The van der Waals surface area contributed by atoms with Gasteiger partial charge in [0.1, 0.15) is 5.75 Å². The molecule has 0 bridgehead atoms. The maximum Gasteiger partial charge on any atom is 0.245 e. The van der Waals surface area contributed by atoms with Crippen molar-refractivity contribution in [2.75, 3.05) is 12.0 Å². The number of carbonyl (C=O) groups is 1. The molecule has 1 heterocycles. The van der Waals surface area contributed by atoms with Crippen molar-refractivity contribution in [3.8, 4) is 5.75 Å². The molecule has 0 radical (unpaired) electrons. The van der Waals surface area contributed by atoms with Gasteiger partial charge in [0.2, 0.25) is 5.91 Å². The number of para-hydroxylation sites is 3. The highest BCUT2D eigenvalue weighted by molar-refractivity contribution is 8.00. The molecule has 0 N–H and O–H groups in total. The van der Waals surface area contributed by atoms with Gasteiger partial charge in [-0.1, -0.05) is 55.1 Å². The predicted molar refractivity (Wildman–Crippen MR) is 117 cm³/mol. The molecule has 28 heavy (non-hydrogen) atoms. The highest BCUT2D eigenvalue weighted by Gasteiger charge is 2.32. The number of carbonyl (C=O) groups excluding carboxylic acids is 1. The molecule has 0 aromatic heterocycles. The molecule has 1 aliphatic heterocycles. The van der Waals surface area contributed by atoms with E-state index in [1.807, 2.05) is 65.6 Å². The Bertz CT molecular complexity index is 960. The monoisotopic (exact) mass is 407 g/mol. The number of ether oxygens (including phenoxy) is 1. The van der Waals surface area contributed by atoms with Crippen LogP contribution in [0.4, 0.5) is 11.4 Å². The molecule has 0 spiro atoms. The van der Waals surface area contributed by atoms with Gasteiger partial charge in [0.05, 0.1) is 28.6 Å². The van der Waals surface area contributed by atoms with Gasteiger partial charge in [0.15, 0.2) is 0 Å². The molecular weight excluding hydrogens is 386 g/mol. The Labute approximate surface area is 174 Å². The number of amides is 1. The fraction of sp³-hybridized carbons (Fsp3) is 0.174. The number of hydrogen-bond acceptors (Lipinski definition) is 4. The number of fused-ring (bicyclic) bond motifs is 2. The summed E-state index contributed by atoms with van der Waals surface area (Å²) in [6.07, 6.45) is 0.732. The lowest BCUT2D eigenvalue weighted by atomic mass is 10.2. The summed E-state index contributed by atoms with van der Waals surface area (Å²) >= 11 is 3.28. The average Bonchev–Trinajstić information content (AvgIpc) is 2.75. The molecule has 1 amide bonds. The Kier molecular flexibility index (Phi) is 5.64. The highest BCUT2D eigenvalue weighted by atomic mass is 32.2. The van der Waals surface area contributed by atoms with E-state index in [-0.39, 0.29) is 11.2 Å². The van der Waals surface area contributed by atoms with Crippen molar-refractivity contribution in [2.24, 2.45) is 0 Å². The SMILES string of the molecule is CCC(Sc1ccccc1OC)C(=O)N1c2ccccc2Sc2ccccc21. The van der Waals surface area contributed by atoms with Crippen LogP contribution >= 0.6 is 23.5 Å². The normalized spacial score (nSPS) is 13.4. The van der Waals surface area contributed by atoms with E-state index >= 15 is 0 Å². The van der Waals surface area contributed by atoms with Crippen LogP contribution in [-0.4, -0.2) is 18.3 Å². The molecule has 3 nitrogen and oxygen atoms in total. The molecule has 0 fully saturated rings. The minimum absolute atomic E-state index is 0.0959. The maximum absolute atomic E-state index is 13.7. The molecule has 1 unspecified atom stereocenters. The number of rotatable bonds is 5. The van der Waals surface area contributed by atoms with Crippen LogP contribution in [0.5, 0.6) is 5.75 Å². The minimum atomic E-state index is -0.208. The van der Waals surface area contributed by atoms with Gasteiger partial charge < -0.3 is 4.74 Å². The lowest BCUT2D eigenvalue weighted by molar-refractivity contribution is -0.117. The Balaban J connectivity index is 1.72. The Morgan fingerprint density at radius 2 is 1.54 bits per heavy atom. The van der Waals surface area contributed by atoms with Crippen molar-refractivity contribution in [2.45, 2.75) is 33.3 Å². The van der Waals surface area contributed by atoms with Crippen molar-refractivity contribution >= 4 is 40.8 Å². The van der Waals surface area contributed by atoms with E-state index in [0.29, 0.717) is 0 Å². The van der Waals surface area contributed by atoms with Gasteiger partial charge in [-0.3, -0.25) is 9.69 Å². The smallest absolute Gasteiger partial charge is 0.245 e. The molecule has 5 heteroatoms. The molecule has 0 saturated heterocycles. The first-order valence-corrected chi connectivity index (χ1v) is 10.9. The third-order valence-corrected chi connectivity index (χ3v) is 7.18. The van der Waals surface area contributed by atoms with Crippen molar-refractivity contribution < 1.29 is 9.53 Å². The molecule has 3 aromatic carbocycles. The highest BCUT2D eigenvalue weighted by Crippen LogP contribution is 2.49. The van der Waals surface area contributed by atoms with Crippen LogP contribution in [0.25, 0.3) is 0 Å². The molecule has 4 rings (SSSR count). The molecule has 3 aromatic rings. The summed E-state index contributed by atoms with van der Waals surface area (Å²) in [6, 6.07) is 24.1. The van der Waals surface area contributed by atoms with E-state index in [1.54, 1.807) is 30.6 Å². The van der Waals surface area contributed by atoms with Crippen LogP contribution in [0.1, 0.15) is 13.3 Å². The second kappa shape index (κ2) is 8.33. The van der Waals surface area contributed by atoms with Crippen molar-refractivity contribution in [1.82, 2.24) is 0 Å². The first-order valence-electron chi connectivity index (χ1n) is 9.22. The van der Waals surface area contributed by atoms with Gasteiger partial charge in [-0.25, -0.2) is 0 Å². The quantitative estimate of drug-likeness (QED) is 0.458. The predicted octanol–water partition coefficient (Wildman–Crippen LogP) is 6.40. The summed E-state index contributed by atoms with van der Waals surface area (Å²) in [6.45, 7) is 2.06. The zero-order valence-electron chi connectivity index (χ0n) is 15.8. The number of anilines is 2. The van der Waals surface area contributed by atoms with Gasteiger partial charge in [-0.15, -0.1) is 11.8 Å². The van der Waals surface area contributed by atoms with E-state index in [4.69, 9.17) is 4.74 Å². The fourth-order valence-corrected chi connectivity index (χ4v) is 5.43. The second-order valence-corrected chi connectivity index (χ2v) is 8.71. The van der Waals surface area contributed by atoms with Crippen LogP contribution in [0.15, 0.2) is 87.5 Å². The molecule has 1 atom stereocenters. The van der Waals surface area contributed by atoms with Crippen LogP contribution in [0.2, 0.25) is 0 Å². The third-order valence-electron chi connectivity index (χ3n) is 4.64. The van der Waals surface area contributed by atoms with Gasteiger partial charge in [0.25, 0.3) is 0 Å². The van der Waals surface area contributed by atoms with Crippen LogP contribution in [0, 0.1) is 0 Å². The third kappa shape index (κ3) is 3.52. The van der Waals surface area contributed by atoms with E-state index in [1.165, 1.54) is 0 Å². The molecule has 0 aliphatic carbocycles. The molecule has 142 valence electrons. The summed E-state index contributed by atoms with van der Waals surface area (Å²) in [4.78, 5) is 18.8. The Morgan fingerprint density at radius 1 is 0.964 bits per heavy atom. The lowest BCUT2D eigenvalue weighted by Crippen LogP contribution is -2.35. The second-order valence-electron chi connectivity index (χ2n) is 6.38. The molecule has 0 saturated carbocycles. The van der Waals surface area contributed by atoms with Crippen molar-refractivity contribution in [1.29, 1.82) is 0 Å². The van der Waals surface area contributed by atoms with Gasteiger partial charge in [-0.05, 0) is 42.8 Å². The fourth-order valence-electron chi connectivity index (χ4n) is 3.26. The van der Waals surface area contributed by atoms with E-state index in [0.717, 1.165) is 38.2 Å². The summed E-state index contributed by atoms with van der Waals surface area (Å²) in [5.74, 6) is 0.896. The standard InChI is InChI=1S/C23H21NO2S2/c1-3-19(27-22-15-9-6-12-18(22)26-2)23(25)24-16-10-4-7-13-20(16)28-21-14-8-5-11-17(21)24/h4-15,19H,3H2,1-2H3. The van der Waals surface area contributed by atoms with Gasteiger partial charge in [0, 0.05) is 9.79 Å². The summed E-state index contributed by atoms with van der Waals surface area (Å²) < 4.78 is 5.48. The van der Waals surface area contributed by atoms with Gasteiger partial charge >= 0.3 is 0 Å². The lowest BCUT2D eigenvalue weighted by Gasteiger charge is -2.33. The van der Waals surface area contributed by atoms with Gasteiger partial charge in [-0.2, -0.15) is 0 Å². The molecular formula is C23H21NO2S2. The number of benzene rings is 3.